The van der Waals surface area contributed by atoms with Crippen LogP contribution in [0.25, 0.3) is 10.8 Å². The molecule has 4 aromatic carbocycles. The van der Waals surface area contributed by atoms with Crippen LogP contribution < -0.4 is 0 Å². The molecule has 8 heteroatoms. The number of benzene rings is 4. The van der Waals surface area contributed by atoms with E-state index in [1.807, 2.05) is 6.92 Å². The van der Waals surface area contributed by atoms with E-state index < -0.39 is 19.7 Å². The Hall–Kier alpha value is -1.50. The topological polar surface area (TPSA) is 68.3 Å². The number of rotatable bonds is 5. The first-order chi connectivity index (χ1) is 15.1. The number of fused-ring (bicyclic) bond motifs is 1. The summed E-state index contributed by atoms with van der Waals surface area (Å²) in [7, 11) is -7.69. The fourth-order valence-electron chi connectivity index (χ4n) is 3.52. The summed E-state index contributed by atoms with van der Waals surface area (Å²) in [5.74, 6) is 0. The Balaban J connectivity index is 2.02. The first-order valence-electron chi connectivity index (χ1n) is 9.71. The highest BCUT2D eigenvalue weighted by Crippen LogP contribution is 2.35. The molecule has 0 fully saturated rings. The molecule has 0 aliphatic rings. The van der Waals surface area contributed by atoms with Gasteiger partial charge in [0, 0.05) is 17.9 Å². The third kappa shape index (κ3) is 4.34. The van der Waals surface area contributed by atoms with Crippen molar-refractivity contribution in [2.24, 2.45) is 0 Å². The fraction of sp³-hybridized carbons (Fsp3) is 0.0833. The molecule has 0 unspecified atom stereocenters. The van der Waals surface area contributed by atoms with Gasteiger partial charge in [0.1, 0.15) is 0 Å². The number of hydrogen-bond donors (Lipinski definition) is 0. The van der Waals surface area contributed by atoms with Crippen molar-refractivity contribution in [2.45, 2.75) is 32.9 Å². The van der Waals surface area contributed by atoms with E-state index in [4.69, 9.17) is 0 Å². The first-order valence-corrected chi connectivity index (χ1v) is 14.8. The lowest BCUT2D eigenvalue weighted by molar-refractivity contribution is 0.594. The van der Waals surface area contributed by atoms with Crippen molar-refractivity contribution < 1.29 is 16.8 Å². The Labute approximate surface area is 215 Å². The molecule has 0 N–H and O–H groups in total. The molecule has 164 valence electrons. The number of aryl methyl sites for hydroxylation is 1. The molecule has 4 nitrogen and oxygen atoms in total. The molecule has 0 atom stereocenters. The van der Waals surface area contributed by atoms with Crippen LogP contribution in [0, 0.1) is 7.14 Å². The van der Waals surface area contributed by atoms with E-state index in [9.17, 15) is 16.8 Å². The molecule has 0 aromatic heterocycles. The van der Waals surface area contributed by atoms with Crippen LogP contribution in [0.3, 0.4) is 0 Å². The molecule has 0 radical (unpaired) electrons. The third-order valence-electron chi connectivity index (χ3n) is 5.21. The lowest BCUT2D eigenvalue weighted by atomic mass is 10.1. The zero-order chi connectivity index (χ0) is 23.1. The van der Waals surface area contributed by atoms with Crippen molar-refractivity contribution in [2.75, 3.05) is 0 Å². The van der Waals surface area contributed by atoms with Gasteiger partial charge in [-0.15, -0.1) is 0 Å². The monoisotopic (exact) mass is 688 g/mol. The summed E-state index contributed by atoms with van der Waals surface area (Å²) in [4.78, 5) is 0.575. The molecule has 0 aliphatic carbocycles. The predicted octanol–water partition coefficient (Wildman–Crippen LogP) is 6.28. The van der Waals surface area contributed by atoms with Crippen LogP contribution in [-0.2, 0) is 26.1 Å². The van der Waals surface area contributed by atoms with Gasteiger partial charge < -0.3 is 0 Å². The average Bonchev–Trinajstić information content (AvgIpc) is 2.78. The highest BCUT2D eigenvalue weighted by Gasteiger charge is 2.25. The van der Waals surface area contributed by atoms with Gasteiger partial charge in [-0.2, -0.15) is 0 Å². The van der Waals surface area contributed by atoms with Crippen molar-refractivity contribution in [3.8, 4) is 0 Å². The van der Waals surface area contributed by atoms with Gasteiger partial charge in [0.2, 0.25) is 19.7 Å². The molecular weight excluding hydrogens is 670 g/mol. The standard InChI is InChI=1S/C24H18I2O4S2/c1-2-16-14-22-21(24(15-16)32(29,30)20-12-8-18(26)9-13-20)4-3-5-23(22)31(27,28)19-10-6-17(25)7-11-19/h3-15H,2H2,1H3. The van der Waals surface area contributed by atoms with Crippen molar-refractivity contribution in [3.05, 3.63) is 91.6 Å². The minimum absolute atomic E-state index is 0.102. The zero-order valence-corrected chi connectivity index (χ0v) is 22.9. The molecule has 0 spiro atoms. The normalized spacial score (nSPS) is 12.2. The molecule has 32 heavy (non-hydrogen) atoms. The molecular formula is C24H18I2O4S2. The van der Waals surface area contributed by atoms with Crippen LogP contribution in [-0.4, -0.2) is 16.8 Å². The summed E-state index contributed by atoms with van der Waals surface area (Å²) in [6.07, 6.45) is 0.572. The summed E-state index contributed by atoms with van der Waals surface area (Å²) in [5, 5.41) is 0.807. The molecule has 4 rings (SSSR count). The third-order valence-corrected chi connectivity index (χ3v) is 10.3. The van der Waals surface area contributed by atoms with Gasteiger partial charge in [-0.25, -0.2) is 16.8 Å². The smallest absolute Gasteiger partial charge is 0.207 e. The van der Waals surface area contributed by atoms with Gasteiger partial charge >= 0.3 is 0 Å². The van der Waals surface area contributed by atoms with Gasteiger partial charge in [-0.3, -0.25) is 0 Å². The van der Waals surface area contributed by atoms with E-state index in [2.05, 4.69) is 45.2 Å². The second-order valence-corrected chi connectivity index (χ2v) is 13.5. The summed E-state index contributed by atoms with van der Waals surface area (Å²) < 4.78 is 55.9. The van der Waals surface area contributed by atoms with E-state index in [1.54, 1.807) is 72.8 Å². The Morgan fingerprint density at radius 2 is 1.12 bits per heavy atom. The Bertz CT molecular complexity index is 1530. The second-order valence-electron chi connectivity index (χ2n) is 7.21. The SMILES string of the molecule is CCc1cc(S(=O)(=O)c2ccc(I)cc2)c2cccc(S(=O)(=O)c3ccc(I)cc3)c2c1. The summed E-state index contributed by atoms with van der Waals surface area (Å²) in [6, 6.07) is 21.5. The predicted molar refractivity (Wildman–Crippen MR) is 143 cm³/mol. The molecule has 0 saturated heterocycles. The van der Waals surface area contributed by atoms with Crippen LogP contribution in [0.5, 0.6) is 0 Å². The van der Waals surface area contributed by atoms with E-state index in [1.165, 1.54) is 6.07 Å². The van der Waals surface area contributed by atoms with Crippen molar-refractivity contribution in [1.29, 1.82) is 0 Å². The minimum atomic E-state index is -3.85. The largest absolute Gasteiger partial charge is 0.218 e. The highest BCUT2D eigenvalue weighted by atomic mass is 127. The molecule has 0 heterocycles. The van der Waals surface area contributed by atoms with Gasteiger partial charge in [0.05, 0.1) is 19.6 Å². The number of halogens is 2. The fourth-order valence-corrected chi connectivity index (χ4v) is 7.23. The Morgan fingerprint density at radius 1 is 0.625 bits per heavy atom. The highest BCUT2D eigenvalue weighted by molar-refractivity contribution is 14.1. The molecule has 4 aromatic rings. The van der Waals surface area contributed by atoms with Crippen molar-refractivity contribution >= 4 is 75.6 Å². The lowest BCUT2D eigenvalue weighted by Gasteiger charge is -2.14. The second kappa shape index (κ2) is 9.03. The number of sulfone groups is 2. The number of hydrogen-bond acceptors (Lipinski definition) is 4. The maximum Gasteiger partial charge on any atom is 0.207 e. The van der Waals surface area contributed by atoms with Gasteiger partial charge in [-0.05, 0) is 124 Å². The van der Waals surface area contributed by atoms with Crippen LogP contribution in [0.15, 0.2) is 98.4 Å². The van der Waals surface area contributed by atoms with Crippen LogP contribution in [0.1, 0.15) is 12.5 Å². The average molecular weight is 688 g/mol. The van der Waals surface area contributed by atoms with Gasteiger partial charge in [0.15, 0.2) is 0 Å². The Morgan fingerprint density at radius 3 is 1.62 bits per heavy atom. The summed E-state index contributed by atoms with van der Waals surface area (Å²) in [6.45, 7) is 1.92. The maximum atomic E-state index is 13.5. The van der Waals surface area contributed by atoms with Crippen molar-refractivity contribution in [3.63, 3.8) is 0 Å². The van der Waals surface area contributed by atoms with Crippen LogP contribution >= 0.6 is 45.2 Å². The summed E-state index contributed by atoms with van der Waals surface area (Å²) in [5.41, 5.74) is 0.756. The van der Waals surface area contributed by atoms with E-state index in [0.717, 1.165) is 12.7 Å². The van der Waals surface area contributed by atoms with E-state index in [0.29, 0.717) is 17.2 Å². The Kier molecular flexibility index (Phi) is 6.68. The molecule has 0 saturated carbocycles. The van der Waals surface area contributed by atoms with Crippen molar-refractivity contribution in [1.82, 2.24) is 0 Å². The lowest BCUT2D eigenvalue weighted by Crippen LogP contribution is -2.07. The van der Waals surface area contributed by atoms with E-state index >= 15 is 0 Å². The molecule has 0 amide bonds. The molecule has 0 aliphatic heterocycles. The zero-order valence-electron chi connectivity index (χ0n) is 16.9. The van der Waals surface area contributed by atoms with E-state index in [-0.39, 0.29) is 19.6 Å². The minimum Gasteiger partial charge on any atom is -0.218 e. The van der Waals surface area contributed by atoms with Gasteiger partial charge in [0.25, 0.3) is 0 Å². The van der Waals surface area contributed by atoms with Gasteiger partial charge in [-0.1, -0.05) is 19.1 Å². The van der Waals surface area contributed by atoms with Crippen LogP contribution in [0.2, 0.25) is 0 Å². The summed E-state index contributed by atoms with van der Waals surface area (Å²) >= 11 is 4.24. The first kappa shape index (κ1) is 23.7. The quantitative estimate of drug-likeness (QED) is 0.232. The molecule has 0 bridgehead atoms. The maximum absolute atomic E-state index is 13.5. The van der Waals surface area contributed by atoms with Crippen LogP contribution in [0.4, 0.5) is 0 Å².